The van der Waals surface area contributed by atoms with Crippen molar-refractivity contribution in [1.82, 2.24) is 0 Å². The summed E-state index contributed by atoms with van der Waals surface area (Å²) in [5, 5.41) is 12.1. The number of primary amides is 1. The van der Waals surface area contributed by atoms with E-state index in [0.29, 0.717) is 25.1 Å². The average Bonchev–Trinajstić information content (AvgIpc) is 2.27. The topological polar surface area (TPSA) is 92.4 Å². The molecule has 0 saturated heterocycles. The molecule has 0 atom stereocenters. The number of anilines is 1. The van der Waals surface area contributed by atoms with Crippen molar-refractivity contribution in [2.75, 3.05) is 11.9 Å². The number of aryl methyl sites for hydroxylation is 1. The number of unbranched alkanes of at least 4 members (excludes halogenated alkanes) is 1. The Labute approximate surface area is 106 Å². The zero-order valence-electron chi connectivity index (χ0n) is 10.4. The third-order valence-corrected chi connectivity index (χ3v) is 2.57. The van der Waals surface area contributed by atoms with Crippen LogP contribution >= 0.6 is 0 Å². The Bertz CT molecular complexity index is 444. The first kappa shape index (κ1) is 14.0. The van der Waals surface area contributed by atoms with Gasteiger partial charge in [-0.1, -0.05) is 6.07 Å². The number of amides is 1. The summed E-state index contributed by atoms with van der Waals surface area (Å²) in [5.41, 5.74) is 6.90. The van der Waals surface area contributed by atoms with Crippen LogP contribution in [0.25, 0.3) is 0 Å². The van der Waals surface area contributed by atoms with E-state index in [9.17, 15) is 9.59 Å². The van der Waals surface area contributed by atoms with Crippen LogP contribution in [-0.4, -0.2) is 23.5 Å². The second kappa shape index (κ2) is 6.64. The number of benzene rings is 1. The summed E-state index contributed by atoms with van der Waals surface area (Å²) in [7, 11) is 0. The van der Waals surface area contributed by atoms with Gasteiger partial charge in [0.25, 0.3) is 0 Å². The smallest absolute Gasteiger partial charge is 0.337 e. The first-order valence-electron chi connectivity index (χ1n) is 5.87. The van der Waals surface area contributed by atoms with Gasteiger partial charge in [-0.2, -0.15) is 0 Å². The van der Waals surface area contributed by atoms with Crippen molar-refractivity contribution in [3.63, 3.8) is 0 Å². The van der Waals surface area contributed by atoms with Crippen LogP contribution in [-0.2, 0) is 4.79 Å². The van der Waals surface area contributed by atoms with Crippen molar-refractivity contribution < 1.29 is 14.7 Å². The number of carboxylic acids is 1. The van der Waals surface area contributed by atoms with Gasteiger partial charge >= 0.3 is 5.97 Å². The van der Waals surface area contributed by atoms with Gasteiger partial charge in [-0.25, -0.2) is 4.79 Å². The van der Waals surface area contributed by atoms with Gasteiger partial charge in [0.05, 0.1) is 5.56 Å². The molecule has 0 spiro atoms. The minimum absolute atomic E-state index is 0.260. The quantitative estimate of drug-likeness (QED) is 0.643. The summed E-state index contributed by atoms with van der Waals surface area (Å²) in [6.45, 7) is 2.53. The molecule has 0 aliphatic heterocycles. The molecule has 1 aromatic rings. The molecule has 0 aliphatic carbocycles. The summed E-state index contributed by atoms with van der Waals surface area (Å²) < 4.78 is 0. The summed E-state index contributed by atoms with van der Waals surface area (Å²) in [6, 6.07) is 5.16. The number of hydrogen-bond donors (Lipinski definition) is 3. The first-order valence-corrected chi connectivity index (χ1v) is 5.87. The monoisotopic (exact) mass is 250 g/mol. The zero-order valence-corrected chi connectivity index (χ0v) is 10.4. The van der Waals surface area contributed by atoms with E-state index in [2.05, 4.69) is 5.32 Å². The molecule has 4 N–H and O–H groups in total. The Morgan fingerprint density at radius 3 is 2.67 bits per heavy atom. The maximum Gasteiger partial charge on any atom is 0.337 e. The molecule has 0 unspecified atom stereocenters. The van der Waals surface area contributed by atoms with Crippen LogP contribution in [0.1, 0.15) is 35.2 Å². The van der Waals surface area contributed by atoms with Crippen LogP contribution < -0.4 is 11.1 Å². The third kappa shape index (κ3) is 4.45. The van der Waals surface area contributed by atoms with Crippen molar-refractivity contribution in [1.29, 1.82) is 0 Å². The molecule has 0 radical (unpaired) electrons. The highest BCUT2D eigenvalue weighted by atomic mass is 16.4. The predicted molar refractivity (Wildman–Crippen MR) is 69.7 cm³/mol. The Morgan fingerprint density at radius 1 is 1.33 bits per heavy atom. The summed E-state index contributed by atoms with van der Waals surface area (Å²) in [5.74, 6) is -1.26. The van der Waals surface area contributed by atoms with Crippen LogP contribution in [0.3, 0.4) is 0 Å². The van der Waals surface area contributed by atoms with Gasteiger partial charge < -0.3 is 16.2 Å². The van der Waals surface area contributed by atoms with Crippen LogP contribution in [0.5, 0.6) is 0 Å². The number of nitrogens with one attached hydrogen (secondary N) is 1. The lowest BCUT2D eigenvalue weighted by atomic mass is 10.1. The Hall–Kier alpha value is -2.04. The molecule has 1 amide bonds. The minimum Gasteiger partial charge on any atom is -0.478 e. The number of carboxylic acid groups (broad SMARTS) is 1. The number of carbonyl (C=O) groups is 2. The lowest BCUT2D eigenvalue weighted by molar-refractivity contribution is -0.118. The maximum absolute atomic E-state index is 11.0. The van der Waals surface area contributed by atoms with Crippen molar-refractivity contribution in [2.24, 2.45) is 5.73 Å². The number of hydrogen-bond acceptors (Lipinski definition) is 3. The lowest BCUT2D eigenvalue weighted by Gasteiger charge is -2.10. The predicted octanol–water partition coefficient (Wildman–Crippen LogP) is 1.76. The molecule has 0 fully saturated rings. The molecule has 0 aliphatic rings. The minimum atomic E-state index is -0.949. The van der Waals surface area contributed by atoms with Gasteiger partial charge in [-0.15, -0.1) is 0 Å². The van der Waals surface area contributed by atoms with Gasteiger partial charge in [0.1, 0.15) is 0 Å². The normalized spacial score (nSPS) is 10.1. The highest BCUT2D eigenvalue weighted by molar-refractivity contribution is 5.94. The maximum atomic E-state index is 11.0. The van der Waals surface area contributed by atoms with E-state index < -0.39 is 5.97 Å². The van der Waals surface area contributed by atoms with E-state index in [1.54, 1.807) is 18.2 Å². The van der Waals surface area contributed by atoms with Crippen molar-refractivity contribution >= 4 is 17.6 Å². The summed E-state index contributed by atoms with van der Waals surface area (Å²) >= 11 is 0. The Morgan fingerprint density at radius 2 is 2.06 bits per heavy atom. The molecule has 5 heteroatoms. The number of aromatic carboxylic acids is 1. The van der Waals surface area contributed by atoms with Gasteiger partial charge in [0.2, 0.25) is 5.91 Å². The van der Waals surface area contributed by atoms with E-state index in [0.717, 1.165) is 12.0 Å². The van der Waals surface area contributed by atoms with Crippen LogP contribution in [0.2, 0.25) is 0 Å². The zero-order chi connectivity index (χ0) is 13.5. The van der Waals surface area contributed by atoms with E-state index in [4.69, 9.17) is 10.8 Å². The second-order valence-corrected chi connectivity index (χ2v) is 4.20. The summed E-state index contributed by atoms with van der Waals surface area (Å²) in [6.07, 6.45) is 1.84. The highest BCUT2D eigenvalue weighted by Gasteiger charge is 2.09. The second-order valence-electron chi connectivity index (χ2n) is 4.20. The largest absolute Gasteiger partial charge is 0.478 e. The Balaban J connectivity index is 2.53. The molecule has 1 aromatic carbocycles. The first-order chi connectivity index (χ1) is 8.50. The average molecular weight is 250 g/mol. The number of carbonyl (C=O) groups excluding carboxylic acids is 1. The molecular weight excluding hydrogens is 232 g/mol. The van der Waals surface area contributed by atoms with E-state index in [-0.39, 0.29) is 11.5 Å². The van der Waals surface area contributed by atoms with Crippen molar-refractivity contribution in [3.05, 3.63) is 29.3 Å². The molecule has 18 heavy (non-hydrogen) atoms. The van der Waals surface area contributed by atoms with Gasteiger partial charge in [-0.3, -0.25) is 4.79 Å². The highest BCUT2D eigenvalue weighted by Crippen LogP contribution is 2.17. The number of nitrogens with two attached hydrogens (primary N) is 1. The van der Waals surface area contributed by atoms with Gasteiger partial charge in [0, 0.05) is 18.7 Å². The SMILES string of the molecule is Cc1ccc(C(=O)O)c(NCCCCC(N)=O)c1. The van der Waals surface area contributed by atoms with Gasteiger partial charge in [0.15, 0.2) is 0 Å². The van der Waals surface area contributed by atoms with Gasteiger partial charge in [-0.05, 0) is 37.5 Å². The fourth-order valence-corrected chi connectivity index (χ4v) is 1.64. The molecule has 5 nitrogen and oxygen atoms in total. The lowest BCUT2D eigenvalue weighted by Crippen LogP contribution is -2.11. The van der Waals surface area contributed by atoms with Crippen LogP contribution in [0, 0.1) is 6.92 Å². The fourth-order valence-electron chi connectivity index (χ4n) is 1.64. The number of rotatable bonds is 7. The van der Waals surface area contributed by atoms with E-state index >= 15 is 0 Å². The van der Waals surface area contributed by atoms with Crippen molar-refractivity contribution in [3.8, 4) is 0 Å². The van der Waals surface area contributed by atoms with Crippen LogP contribution in [0.4, 0.5) is 5.69 Å². The molecule has 1 rings (SSSR count). The summed E-state index contributed by atoms with van der Waals surface area (Å²) in [4.78, 5) is 21.6. The van der Waals surface area contributed by atoms with E-state index in [1.165, 1.54) is 0 Å². The molecule has 0 heterocycles. The van der Waals surface area contributed by atoms with Crippen LogP contribution in [0.15, 0.2) is 18.2 Å². The van der Waals surface area contributed by atoms with E-state index in [1.807, 2.05) is 6.92 Å². The molecule has 0 bridgehead atoms. The molecule has 0 saturated carbocycles. The standard InChI is InChI=1S/C13H18N2O3/c1-9-5-6-10(13(17)18)11(8-9)15-7-3-2-4-12(14)16/h5-6,8,15H,2-4,7H2,1H3,(H2,14,16)(H,17,18). The molecule has 98 valence electrons. The molecule has 0 aromatic heterocycles. The Kier molecular flexibility index (Phi) is 5.17. The third-order valence-electron chi connectivity index (χ3n) is 2.57. The fraction of sp³-hybridized carbons (Fsp3) is 0.385. The molecular formula is C13H18N2O3. The van der Waals surface area contributed by atoms with Crippen molar-refractivity contribution in [2.45, 2.75) is 26.2 Å².